The van der Waals surface area contributed by atoms with Crippen molar-refractivity contribution >= 4 is 42.1 Å². The summed E-state index contributed by atoms with van der Waals surface area (Å²) in [4.78, 5) is 16.4. The van der Waals surface area contributed by atoms with Crippen molar-refractivity contribution in [3.63, 3.8) is 0 Å². The maximum absolute atomic E-state index is 12.2. The van der Waals surface area contributed by atoms with E-state index in [4.69, 9.17) is 15.2 Å². The smallest absolute Gasteiger partial charge is 0.251 e. The Labute approximate surface area is 169 Å². The Bertz CT molecular complexity index is 697. The van der Waals surface area contributed by atoms with Gasteiger partial charge in [0, 0.05) is 23.5 Å². The van der Waals surface area contributed by atoms with Crippen molar-refractivity contribution in [3.05, 3.63) is 40.3 Å². The molecule has 1 fully saturated rings. The van der Waals surface area contributed by atoms with E-state index in [1.807, 2.05) is 5.38 Å². The van der Waals surface area contributed by atoms with E-state index in [0.29, 0.717) is 36.1 Å². The third-order valence-electron chi connectivity index (χ3n) is 4.01. The van der Waals surface area contributed by atoms with Crippen molar-refractivity contribution in [1.82, 2.24) is 10.3 Å². The van der Waals surface area contributed by atoms with Gasteiger partial charge >= 0.3 is 0 Å². The molecule has 1 aromatic carbocycles. The second kappa shape index (κ2) is 10.6. The summed E-state index contributed by atoms with van der Waals surface area (Å²) < 4.78 is 11.0. The predicted molar refractivity (Wildman–Crippen MR) is 107 cm³/mol. The second-order valence-electron chi connectivity index (χ2n) is 5.85. The monoisotopic (exact) mass is 419 g/mol. The first-order valence-electron chi connectivity index (χ1n) is 7.89. The highest BCUT2D eigenvalue weighted by Crippen LogP contribution is 2.31. The van der Waals surface area contributed by atoms with Crippen molar-refractivity contribution < 1.29 is 14.3 Å². The summed E-state index contributed by atoms with van der Waals surface area (Å²) in [5, 5.41) is 4.80. The largest absolute Gasteiger partial charge is 0.493 e. The van der Waals surface area contributed by atoms with Crippen LogP contribution in [0.15, 0.2) is 29.1 Å². The van der Waals surface area contributed by atoms with Gasteiger partial charge in [-0.1, -0.05) is 0 Å². The molecule has 0 radical (unpaired) electrons. The van der Waals surface area contributed by atoms with Crippen LogP contribution < -0.4 is 20.5 Å². The van der Waals surface area contributed by atoms with E-state index in [-0.39, 0.29) is 36.8 Å². The van der Waals surface area contributed by atoms with Gasteiger partial charge in [-0.2, -0.15) is 0 Å². The third kappa shape index (κ3) is 6.02. The Morgan fingerprint density at radius 2 is 2.15 bits per heavy atom. The molecule has 6 nitrogen and oxygen atoms in total. The minimum atomic E-state index is -0.157. The molecular formula is C17H23Cl2N3O3S. The number of hydrogen-bond acceptors (Lipinski definition) is 6. The van der Waals surface area contributed by atoms with E-state index in [9.17, 15) is 4.79 Å². The summed E-state index contributed by atoms with van der Waals surface area (Å²) in [6, 6.07) is 5.17. The Morgan fingerprint density at radius 3 is 2.77 bits per heavy atom. The van der Waals surface area contributed by atoms with Gasteiger partial charge in [-0.15, -0.1) is 36.2 Å². The predicted octanol–water partition coefficient (Wildman–Crippen LogP) is 3.04. The number of aromatic nitrogens is 1. The first-order valence-corrected chi connectivity index (χ1v) is 8.83. The molecule has 1 heterocycles. The van der Waals surface area contributed by atoms with E-state index in [0.717, 1.165) is 18.5 Å². The number of hydrogen-bond donors (Lipinski definition) is 2. The summed E-state index contributed by atoms with van der Waals surface area (Å²) in [6.45, 7) is 0.857. The van der Waals surface area contributed by atoms with E-state index in [1.54, 1.807) is 30.8 Å². The van der Waals surface area contributed by atoms with Crippen molar-refractivity contribution in [2.75, 3.05) is 13.7 Å². The van der Waals surface area contributed by atoms with Crippen molar-refractivity contribution in [2.45, 2.75) is 25.5 Å². The fourth-order valence-electron chi connectivity index (χ4n) is 2.39. The highest BCUT2D eigenvalue weighted by molar-refractivity contribution is 7.07. The zero-order chi connectivity index (χ0) is 16.9. The van der Waals surface area contributed by atoms with Crippen LogP contribution in [0.3, 0.4) is 0 Å². The lowest BCUT2D eigenvalue weighted by Gasteiger charge is -2.13. The number of thiazole rings is 1. The SMILES string of the molecule is COc1cc(C(=O)NCC(N)C2CC2)ccc1OCc1cscn1.Cl.Cl. The van der Waals surface area contributed by atoms with Crippen LogP contribution in [0.1, 0.15) is 28.9 Å². The number of methoxy groups -OCH3 is 1. The number of ether oxygens (including phenoxy) is 2. The molecule has 1 amide bonds. The molecule has 1 atom stereocenters. The Balaban J connectivity index is 0.00000169. The molecule has 0 bridgehead atoms. The molecule has 1 unspecified atom stereocenters. The number of nitrogens with zero attached hydrogens (tertiary/aromatic N) is 1. The lowest BCUT2D eigenvalue weighted by molar-refractivity contribution is 0.0950. The summed E-state index contributed by atoms with van der Waals surface area (Å²) in [7, 11) is 1.55. The number of benzene rings is 1. The second-order valence-corrected chi connectivity index (χ2v) is 6.56. The van der Waals surface area contributed by atoms with E-state index in [1.165, 1.54) is 11.3 Å². The molecule has 1 aliphatic carbocycles. The molecule has 3 rings (SSSR count). The van der Waals surface area contributed by atoms with Crippen LogP contribution in [0, 0.1) is 5.92 Å². The molecule has 3 N–H and O–H groups in total. The molecule has 2 aromatic rings. The highest BCUT2D eigenvalue weighted by Gasteiger charge is 2.28. The molecule has 1 aliphatic rings. The molecule has 1 aromatic heterocycles. The average Bonchev–Trinajstić information content (AvgIpc) is 3.33. The number of nitrogens with two attached hydrogens (primary N) is 1. The van der Waals surface area contributed by atoms with Crippen molar-refractivity contribution in [3.8, 4) is 11.5 Å². The quantitative estimate of drug-likeness (QED) is 0.686. The highest BCUT2D eigenvalue weighted by atomic mass is 35.5. The Morgan fingerprint density at radius 1 is 1.38 bits per heavy atom. The summed E-state index contributed by atoms with van der Waals surface area (Å²) in [6.07, 6.45) is 2.33. The number of carbonyl (C=O) groups excluding carboxylic acids is 1. The molecule has 0 saturated heterocycles. The summed E-state index contributed by atoms with van der Waals surface area (Å²) in [5.74, 6) is 1.50. The maximum atomic E-state index is 12.2. The van der Waals surface area contributed by atoms with Gasteiger partial charge in [0.2, 0.25) is 0 Å². The van der Waals surface area contributed by atoms with E-state index in [2.05, 4.69) is 10.3 Å². The van der Waals surface area contributed by atoms with Crippen LogP contribution in [0.2, 0.25) is 0 Å². The Hall–Kier alpha value is -1.54. The fourth-order valence-corrected chi connectivity index (χ4v) is 2.94. The van der Waals surface area contributed by atoms with Crippen LogP contribution in [0.25, 0.3) is 0 Å². The number of nitrogens with one attached hydrogen (secondary N) is 1. The third-order valence-corrected chi connectivity index (χ3v) is 4.65. The normalized spacial score (nSPS) is 13.8. The molecule has 0 aliphatic heterocycles. The van der Waals surface area contributed by atoms with Gasteiger partial charge in [-0.25, -0.2) is 4.98 Å². The van der Waals surface area contributed by atoms with Crippen LogP contribution in [0.4, 0.5) is 0 Å². The summed E-state index contributed by atoms with van der Waals surface area (Å²) >= 11 is 1.52. The number of amides is 1. The average molecular weight is 420 g/mol. The lowest BCUT2D eigenvalue weighted by atomic mass is 10.1. The van der Waals surface area contributed by atoms with Crippen LogP contribution in [-0.2, 0) is 6.61 Å². The number of rotatable bonds is 8. The molecule has 0 spiro atoms. The Kier molecular flexibility index (Phi) is 9.15. The zero-order valence-corrected chi connectivity index (χ0v) is 16.8. The molecule has 144 valence electrons. The number of carbonyl (C=O) groups is 1. The van der Waals surface area contributed by atoms with Crippen LogP contribution in [0.5, 0.6) is 11.5 Å². The van der Waals surface area contributed by atoms with E-state index < -0.39 is 0 Å². The molecule has 26 heavy (non-hydrogen) atoms. The van der Waals surface area contributed by atoms with Gasteiger partial charge in [-0.3, -0.25) is 4.79 Å². The van der Waals surface area contributed by atoms with Gasteiger partial charge in [-0.05, 0) is 37.0 Å². The topological polar surface area (TPSA) is 86.5 Å². The molecular weight excluding hydrogens is 397 g/mol. The lowest BCUT2D eigenvalue weighted by Crippen LogP contribution is -2.38. The van der Waals surface area contributed by atoms with Gasteiger partial charge in [0.15, 0.2) is 11.5 Å². The van der Waals surface area contributed by atoms with Gasteiger partial charge in [0.1, 0.15) is 6.61 Å². The van der Waals surface area contributed by atoms with Crippen LogP contribution in [-0.4, -0.2) is 30.6 Å². The number of halogens is 2. The summed E-state index contributed by atoms with van der Waals surface area (Å²) in [5.41, 5.74) is 9.15. The van der Waals surface area contributed by atoms with Crippen LogP contribution >= 0.6 is 36.2 Å². The minimum Gasteiger partial charge on any atom is -0.493 e. The standard InChI is InChI=1S/C17H21N3O3S.2ClH/c1-22-16-6-12(17(21)19-7-14(18)11-2-3-11)4-5-15(16)23-8-13-9-24-10-20-13;;/h4-6,9-11,14H,2-3,7-8,18H2,1H3,(H,19,21);2*1H. The molecule has 9 heteroatoms. The van der Waals surface area contributed by atoms with Gasteiger partial charge in [0.25, 0.3) is 5.91 Å². The maximum Gasteiger partial charge on any atom is 0.251 e. The van der Waals surface area contributed by atoms with E-state index >= 15 is 0 Å². The van der Waals surface area contributed by atoms with Crippen molar-refractivity contribution in [1.29, 1.82) is 0 Å². The first-order chi connectivity index (χ1) is 11.7. The minimum absolute atomic E-state index is 0. The fraction of sp³-hybridized carbons (Fsp3) is 0.412. The molecule has 1 saturated carbocycles. The van der Waals surface area contributed by atoms with Gasteiger partial charge < -0.3 is 20.5 Å². The van der Waals surface area contributed by atoms with Gasteiger partial charge in [0.05, 0.1) is 18.3 Å². The van der Waals surface area contributed by atoms with Crippen molar-refractivity contribution in [2.24, 2.45) is 11.7 Å². The zero-order valence-electron chi connectivity index (χ0n) is 14.3. The first kappa shape index (κ1) is 22.5.